The predicted octanol–water partition coefficient (Wildman–Crippen LogP) is 2.68. The average molecular weight is 420 g/mol. The number of nitriles is 1. The fourth-order valence-electron chi connectivity index (χ4n) is 2.77. The Morgan fingerprint density at radius 3 is 2.50 bits per heavy atom. The molecule has 1 aliphatic heterocycles. The molecule has 1 heterocycles. The Balaban J connectivity index is 1.82. The number of amides is 1. The minimum atomic E-state index is -3.82. The Morgan fingerprint density at radius 1 is 1.18 bits per heavy atom. The average Bonchev–Trinajstić information content (AvgIpc) is 2.70. The number of carbonyl (C=O) groups excluding carboxylic acids is 1. The number of halogens is 1. The lowest BCUT2D eigenvalue weighted by Crippen LogP contribution is -2.40. The highest BCUT2D eigenvalue weighted by atomic mass is 35.5. The van der Waals surface area contributed by atoms with Gasteiger partial charge in [-0.2, -0.15) is 9.57 Å². The maximum absolute atomic E-state index is 12.9. The van der Waals surface area contributed by atoms with E-state index in [4.69, 9.17) is 21.6 Å². The summed E-state index contributed by atoms with van der Waals surface area (Å²) < 4.78 is 32.2. The lowest BCUT2D eigenvalue weighted by Gasteiger charge is -2.26. The van der Waals surface area contributed by atoms with Crippen LogP contribution in [-0.2, 0) is 21.2 Å². The van der Waals surface area contributed by atoms with E-state index in [9.17, 15) is 13.2 Å². The van der Waals surface area contributed by atoms with E-state index in [0.717, 1.165) is 5.56 Å². The SMILES string of the molecule is N#CCc1ccc(NC(=O)c2ccc(Cl)c(S(=O)(=O)N3CCOCC3)c2)cc1. The molecule has 2 aromatic carbocycles. The third-order valence-electron chi connectivity index (χ3n) is 4.28. The van der Waals surface area contributed by atoms with Crippen LogP contribution in [0.3, 0.4) is 0 Å². The van der Waals surface area contributed by atoms with Gasteiger partial charge < -0.3 is 10.1 Å². The normalized spacial score (nSPS) is 15.0. The van der Waals surface area contributed by atoms with Gasteiger partial charge in [-0.1, -0.05) is 23.7 Å². The Kier molecular flexibility index (Phi) is 6.31. The maximum Gasteiger partial charge on any atom is 0.255 e. The van der Waals surface area contributed by atoms with Crippen LogP contribution in [0.5, 0.6) is 0 Å². The fourth-order valence-corrected chi connectivity index (χ4v) is 4.68. The van der Waals surface area contributed by atoms with Crippen molar-refractivity contribution in [1.82, 2.24) is 4.31 Å². The van der Waals surface area contributed by atoms with Crippen molar-refractivity contribution in [2.75, 3.05) is 31.6 Å². The molecule has 1 fully saturated rings. The fraction of sp³-hybridized carbons (Fsp3) is 0.263. The second-order valence-electron chi connectivity index (χ2n) is 6.15. The zero-order chi connectivity index (χ0) is 20.1. The van der Waals surface area contributed by atoms with Gasteiger partial charge in [0.25, 0.3) is 5.91 Å². The molecule has 1 saturated heterocycles. The summed E-state index contributed by atoms with van der Waals surface area (Å²) in [6.07, 6.45) is 0.286. The summed E-state index contributed by atoms with van der Waals surface area (Å²) in [5, 5.41) is 11.5. The van der Waals surface area contributed by atoms with Crippen LogP contribution in [0.4, 0.5) is 5.69 Å². The third kappa shape index (κ3) is 4.51. The summed E-state index contributed by atoms with van der Waals surface area (Å²) in [6, 6.07) is 13.1. The molecule has 0 aromatic heterocycles. The van der Waals surface area contributed by atoms with Crippen LogP contribution in [0.2, 0.25) is 5.02 Å². The Morgan fingerprint density at radius 2 is 1.86 bits per heavy atom. The maximum atomic E-state index is 12.9. The van der Waals surface area contributed by atoms with Crippen molar-refractivity contribution in [3.8, 4) is 6.07 Å². The van der Waals surface area contributed by atoms with Crippen LogP contribution in [-0.4, -0.2) is 44.9 Å². The predicted molar refractivity (Wildman–Crippen MR) is 105 cm³/mol. The molecule has 0 aliphatic carbocycles. The van der Waals surface area contributed by atoms with E-state index in [1.165, 1.54) is 22.5 Å². The topological polar surface area (TPSA) is 99.5 Å². The molecule has 7 nitrogen and oxygen atoms in total. The highest BCUT2D eigenvalue weighted by molar-refractivity contribution is 7.89. The van der Waals surface area contributed by atoms with Crippen molar-refractivity contribution in [2.45, 2.75) is 11.3 Å². The molecule has 0 spiro atoms. The molecule has 1 aliphatic rings. The summed E-state index contributed by atoms with van der Waals surface area (Å²) in [6.45, 7) is 1.12. The smallest absolute Gasteiger partial charge is 0.255 e. The first-order valence-corrected chi connectivity index (χ1v) is 10.4. The first-order chi connectivity index (χ1) is 13.4. The van der Waals surface area contributed by atoms with Crippen molar-refractivity contribution in [3.63, 3.8) is 0 Å². The van der Waals surface area contributed by atoms with Gasteiger partial charge >= 0.3 is 0 Å². The molecule has 3 rings (SSSR count). The molecule has 28 heavy (non-hydrogen) atoms. The monoisotopic (exact) mass is 419 g/mol. The lowest BCUT2D eigenvalue weighted by molar-refractivity contribution is 0.0730. The van der Waals surface area contributed by atoms with Gasteiger partial charge in [-0.05, 0) is 35.9 Å². The van der Waals surface area contributed by atoms with Gasteiger partial charge in [-0.25, -0.2) is 8.42 Å². The van der Waals surface area contributed by atoms with E-state index in [1.54, 1.807) is 24.3 Å². The third-order valence-corrected chi connectivity index (χ3v) is 6.66. The van der Waals surface area contributed by atoms with Crippen LogP contribution in [0.15, 0.2) is 47.4 Å². The van der Waals surface area contributed by atoms with Crippen LogP contribution in [0.1, 0.15) is 15.9 Å². The molecule has 0 radical (unpaired) electrons. The highest BCUT2D eigenvalue weighted by Crippen LogP contribution is 2.27. The second kappa shape index (κ2) is 8.71. The van der Waals surface area contributed by atoms with Crippen molar-refractivity contribution in [2.24, 2.45) is 0 Å². The second-order valence-corrected chi connectivity index (χ2v) is 8.46. The van der Waals surface area contributed by atoms with Gasteiger partial charge in [0, 0.05) is 24.3 Å². The van der Waals surface area contributed by atoms with Crippen molar-refractivity contribution < 1.29 is 17.9 Å². The number of benzene rings is 2. The number of hydrogen-bond donors (Lipinski definition) is 1. The van der Waals surface area contributed by atoms with Crippen molar-refractivity contribution >= 4 is 33.2 Å². The summed E-state index contributed by atoms with van der Waals surface area (Å²) >= 11 is 6.12. The Hall–Kier alpha value is -2.44. The molecular weight excluding hydrogens is 402 g/mol. The molecule has 0 atom stereocenters. The molecule has 1 amide bonds. The number of sulfonamides is 1. The largest absolute Gasteiger partial charge is 0.379 e. The molecule has 9 heteroatoms. The number of carbonyl (C=O) groups is 1. The molecular formula is C19H18ClN3O4S. The van der Waals surface area contributed by atoms with Gasteiger partial charge in [-0.3, -0.25) is 4.79 Å². The van der Waals surface area contributed by atoms with Crippen molar-refractivity contribution in [3.05, 3.63) is 58.6 Å². The highest BCUT2D eigenvalue weighted by Gasteiger charge is 2.29. The van der Waals surface area contributed by atoms with Gasteiger partial charge in [0.15, 0.2) is 0 Å². The minimum absolute atomic E-state index is 0.0592. The molecule has 0 unspecified atom stereocenters. The van der Waals surface area contributed by atoms with E-state index in [1.807, 2.05) is 0 Å². The van der Waals surface area contributed by atoms with Gasteiger partial charge in [-0.15, -0.1) is 0 Å². The summed E-state index contributed by atoms with van der Waals surface area (Å²) in [5.41, 5.74) is 1.56. The first kappa shape index (κ1) is 20.3. The first-order valence-electron chi connectivity index (χ1n) is 8.56. The number of nitrogens with zero attached hydrogens (tertiary/aromatic N) is 2. The van der Waals surface area contributed by atoms with Gasteiger partial charge in [0.05, 0.1) is 30.7 Å². The molecule has 2 aromatic rings. The van der Waals surface area contributed by atoms with E-state index in [-0.39, 0.29) is 35.0 Å². The molecule has 146 valence electrons. The number of nitrogens with one attached hydrogen (secondary N) is 1. The Bertz CT molecular complexity index is 1010. The zero-order valence-electron chi connectivity index (χ0n) is 14.9. The summed E-state index contributed by atoms with van der Waals surface area (Å²) in [5.74, 6) is -0.455. The number of ether oxygens (including phenoxy) is 1. The van der Waals surface area contributed by atoms with Crippen LogP contribution in [0, 0.1) is 11.3 Å². The van der Waals surface area contributed by atoms with Crippen LogP contribution < -0.4 is 5.32 Å². The van der Waals surface area contributed by atoms with Crippen LogP contribution >= 0.6 is 11.6 Å². The zero-order valence-corrected chi connectivity index (χ0v) is 16.5. The number of anilines is 1. The number of morpholine rings is 1. The van der Waals surface area contributed by atoms with Gasteiger partial charge in [0.2, 0.25) is 10.0 Å². The standard InChI is InChI=1S/C19H18ClN3O4S/c20-17-6-3-15(13-18(17)28(25,26)23-9-11-27-12-10-23)19(24)22-16-4-1-14(2-5-16)7-8-21/h1-6,13H,7,9-12H2,(H,22,24). The minimum Gasteiger partial charge on any atom is -0.379 e. The quantitative estimate of drug-likeness (QED) is 0.803. The van der Waals surface area contributed by atoms with E-state index in [0.29, 0.717) is 18.9 Å². The van der Waals surface area contributed by atoms with Crippen LogP contribution in [0.25, 0.3) is 0 Å². The summed E-state index contributed by atoms with van der Waals surface area (Å²) in [7, 11) is -3.82. The molecule has 0 bridgehead atoms. The van der Waals surface area contributed by atoms with E-state index >= 15 is 0 Å². The van der Waals surface area contributed by atoms with Gasteiger partial charge in [0.1, 0.15) is 4.90 Å². The van der Waals surface area contributed by atoms with E-state index in [2.05, 4.69) is 11.4 Å². The summed E-state index contributed by atoms with van der Waals surface area (Å²) in [4.78, 5) is 12.5. The molecule has 1 N–H and O–H groups in total. The Labute approximate surface area is 168 Å². The lowest BCUT2D eigenvalue weighted by atomic mass is 10.1. The number of rotatable bonds is 5. The van der Waals surface area contributed by atoms with E-state index < -0.39 is 15.9 Å². The van der Waals surface area contributed by atoms with Crippen molar-refractivity contribution in [1.29, 1.82) is 5.26 Å². The number of hydrogen-bond acceptors (Lipinski definition) is 5. The molecule has 0 saturated carbocycles.